The molecule has 7 nitrogen and oxygen atoms in total. The molecule has 7 heteroatoms. The molecule has 0 spiro atoms. The number of amides is 4. The van der Waals surface area contributed by atoms with E-state index in [1.54, 1.807) is 18.3 Å². The quantitative estimate of drug-likeness (QED) is 0.673. The predicted molar refractivity (Wildman–Crippen MR) is 91.4 cm³/mol. The van der Waals surface area contributed by atoms with Crippen molar-refractivity contribution in [3.05, 3.63) is 71.3 Å². The van der Waals surface area contributed by atoms with Crippen molar-refractivity contribution in [3.63, 3.8) is 0 Å². The van der Waals surface area contributed by atoms with Gasteiger partial charge < -0.3 is 9.32 Å². The number of nitrogens with zero attached hydrogens (tertiary/aromatic N) is 2. The fourth-order valence-electron chi connectivity index (χ4n) is 3.19. The van der Waals surface area contributed by atoms with Crippen molar-refractivity contribution < 1.29 is 18.8 Å². The van der Waals surface area contributed by atoms with E-state index in [4.69, 9.17) is 4.42 Å². The standard InChI is InChI=1S/C19H17N3O4/c23-17-16(12-21-8-7-13-4-1-2-5-14(13)10-21)18(24)22(19(25)20-17)11-15-6-3-9-26-15/h1-6,9,12H,7-8,10-11H2,(H,20,23,25)/b16-12-. The number of imide groups is 2. The highest BCUT2D eigenvalue weighted by molar-refractivity contribution is 6.28. The summed E-state index contributed by atoms with van der Waals surface area (Å²) in [6, 6.07) is 10.7. The SMILES string of the molecule is O=C1NC(=O)N(Cc2ccco2)C(=O)/C1=C\N1CCc2ccccc2C1. The van der Waals surface area contributed by atoms with Gasteiger partial charge in [-0.2, -0.15) is 0 Å². The Morgan fingerprint density at radius 3 is 2.65 bits per heavy atom. The van der Waals surface area contributed by atoms with Gasteiger partial charge in [-0.05, 0) is 29.7 Å². The van der Waals surface area contributed by atoms with Crippen LogP contribution in [0.25, 0.3) is 0 Å². The lowest BCUT2D eigenvalue weighted by atomic mass is 10.00. The van der Waals surface area contributed by atoms with E-state index in [0.29, 0.717) is 18.8 Å². The van der Waals surface area contributed by atoms with Gasteiger partial charge in [0.2, 0.25) is 0 Å². The molecular weight excluding hydrogens is 334 g/mol. The Kier molecular flexibility index (Phi) is 4.04. The monoisotopic (exact) mass is 351 g/mol. The third-order valence-electron chi connectivity index (χ3n) is 4.55. The highest BCUT2D eigenvalue weighted by Gasteiger charge is 2.36. The van der Waals surface area contributed by atoms with E-state index in [2.05, 4.69) is 11.4 Å². The molecule has 1 fully saturated rings. The van der Waals surface area contributed by atoms with E-state index in [1.807, 2.05) is 23.1 Å². The summed E-state index contributed by atoms with van der Waals surface area (Å²) in [5, 5.41) is 2.22. The zero-order valence-corrected chi connectivity index (χ0v) is 14.0. The van der Waals surface area contributed by atoms with Crippen molar-refractivity contribution in [2.24, 2.45) is 0 Å². The zero-order valence-electron chi connectivity index (χ0n) is 14.0. The van der Waals surface area contributed by atoms with Crippen molar-refractivity contribution in [1.29, 1.82) is 0 Å². The van der Waals surface area contributed by atoms with Gasteiger partial charge in [-0.1, -0.05) is 24.3 Å². The predicted octanol–water partition coefficient (Wildman–Crippen LogP) is 1.80. The summed E-state index contributed by atoms with van der Waals surface area (Å²) in [5.41, 5.74) is 2.40. The van der Waals surface area contributed by atoms with Crippen molar-refractivity contribution in [2.45, 2.75) is 19.5 Å². The number of hydrogen-bond donors (Lipinski definition) is 1. The Labute approximate surface area is 149 Å². The Morgan fingerprint density at radius 1 is 1.08 bits per heavy atom. The molecule has 1 saturated heterocycles. The second-order valence-corrected chi connectivity index (χ2v) is 6.26. The summed E-state index contributed by atoms with van der Waals surface area (Å²) in [7, 11) is 0. The molecule has 132 valence electrons. The molecule has 0 saturated carbocycles. The van der Waals surface area contributed by atoms with Gasteiger partial charge in [0.05, 0.1) is 12.8 Å². The highest BCUT2D eigenvalue weighted by Crippen LogP contribution is 2.21. The normalized spacial score (nSPS) is 18.9. The first kappa shape index (κ1) is 16.1. The average Bonchev–Trinajstić information content (AvgIpc) is 3.15. The average molecular weight is 351 g/mol. The number of nitrogens with one attached hydrogen (secondary N) is 1. The molecule has 0 aliphatic carbocycles. The van der Waals surface area contributed by atoms with E-state index >= 15 is 0 Å². The van der Waals surface area contributed by atoms with Crippen molar-refractivity contribution >= 4 is 17.8 Å². The lowest BCUT2D eigenvalue weighted by Gasteiger charge is -2.30. The molecule has 1 N–H and O–H groups in total. The van der Waals surface area contributed by atoms with E-state index in [1.165, 1.54) is 17.4 Å². The van der Waals surface area contributed by atoms with Crippen LogP contribution < -0.4 is 5.32 Å². The molecule has 2 aliphatic heterocycles. The second kappa shape index (κ2) is 6.51. The van der Waals surface area contributed by atoms with Crippen LogP contribution in [-0.2, 0) is 29.1 Å². The van der Waals surface area contributed by atoms with Crippen molar-refractivity contribution in [1.82, 2.24) is 15.1 Å². The Bertz CT molecular complexity index is 901. The van der Waals surface area contributed by atoms with E-state index in [0.717, 1.165) is 11.3 Å². The first-order valence-corrected chi connectivity index (χ1v) is 8.34. The number of carbonyl (C=O) groups is 3. The van der Waals surface area contributed by atoms with Crippen LogP contribution in [0.5, 0.6) is 0 Å². The maximum absolute atomic E-state index is 12.7. The minimum atomic E-state index is -0.738. The highest BCUT2D eigenvalue weighted by atomic mass is 16.3. The molecule has 2 aliphatic rings. The lowest BCUT2D eigenvalue weighted by molar-refractivity contribution is -0.131. The van der Waals surface area contributed by atoms with Crippen LogP contribution in [0.15, 0.2) is 58.9 Å². The smallest absolute Gasteiger partial charge is 0.331 e. The number of furan rings is 1. The Morgan fingerprint density at radius 2 is 1.88 bits per heavy atom. The molecule has 1 aromatic heterocycles. The molecule has 4 amide bonds. The number of urea groups is 1. The van der Waals surface area contributed by atoms with Gasteiger partial charge >= 0.3 is 6.03 Å². The maximum atomic E-state index is 12.7. The third-order valence-corrected chi connectivity index (χ3v) is 4.55. The van der Waals surface area contributed by atoms with Gasteiger partial charge in [-0.25, -0.2) is 4.79 Å². The van der Waals surface area contributed by atoms with Crippen LogP contribution in [-0.4, -0.2) is 34.2 Å². The molecule has 1 aromatic carbocycles. The maximum Gasteiger partial charge on any atom is 0.331 e. The Hall–Kier alpha value is -3.35. The van der Waals surface area contributed by atoms with Crippen molar-refractivity contribution in [2.75, 3.05) is 6.54 Å². The van der Waals surface area contributed by atoms with Crippen LogP contribution in [0.4, 0.5) is 4.79 Å². The number of rotatable bonds is 3. The summed E-state index contributed by atoms with van der Waals surface area (Å²) >= 11 is 0. The fraction of sp³-hybridized carbons (Fsp3) is 0.211. The van der Waals surface area contributed by atoms with Crippen molar-refractivity contribution in [3.8, 4) is 0 Å². The van der Waals surface area contributed by atoms with Crippen LogP contribution in [0.3, 0.4) is 0 Å². The third kappa shape index (κ3) is 2.99. The van der Waals surface area contributed by atoms with Gasteiger partial charge in [-0.3, -0.25) is 19.8 Å². The molecule has 2 aromatic rings. The molecule has 26 heavy (non-hydrogen) atoms. The molecule has 4 rings (SSSR count). The molecular formula is C19H17N3O4. The molecule has 3 heterocycles. The number of fused-ring (bicyclic) bond motifs is 1. The molecule has 0 bridgehead atoms. The van der Waals surface area contributed by atoms with Crippen LogP contribution in [0.2, 0.25) is 0 Å². The molecule has 0 atom stereocenters. The topological polar surface area (TPSA) is 82.9 Å². The summed E-state index contributed by atoms with van der Waals surface area (Å²) in [4.78, 5) is 39.8. The van der Waals surface area contributed by atoms with E-state index in [9.17, 15) is 14.4 Å². The fourth-order valence-corrected chi connectivity index (χ4v) is 3.19. The van der Waals surface area contributed by atoms with E-state index < -0.39 is 17.8 Å². The first-order chi connectivity index (χ1) is 12.6. The van der Waals surface area contributed by atoms with Crippen LogP contribution in [0.1, 0.15) is 16.9 Å². The zero-order chi connectivity index (χ0) is 18.1. The summed E-state index contributed by atoms with van der Waals surface area (Å²) in [6.07, 6.45) is 3.86. The minimum Gasteiger partial charge on any atom is -0.467 e. The number of barbiturate groups is 1. The largest absolute Gasteiger partial charge is 0.467 e. The number of carbonyl (C=O) groups excluding carboxylic acids is 3. The summed E-state index contributed by atoms with van der Waals surface area (Å²) < 4.78 is 5.20. The summed E-state index contributed by atoms with van der Waals surface area (Å²) in [5.74, 6) is -0.822. The van der Waals surface area contributed by atoms with Gasteiger partial charge in [0.1, 0.15) is 11.3 Å². The van der Waals surface area contributed by atoms with Gasteiger partial charge in [0, 0.05) is 19.3 Å². The Balaban J connectivity index is 1.56. The van der Waals surface area contributed by atoms with Gasteiger partial charge in [0.15, 0.2) is 0 Å². The number of benzene rings is 1. The molecule has 0 unspecified atom stereocenters. The van der Waals surface area contributed by atoms with Crippen LogP contribution in [0, 0.1) is 0 Å². The molecule has 0 radical (unpaired) electrons. The van der Waals surface area contributed by atoms with E-state index in [-0.39, 0.29) is 12.1 Å². The van der Waals surface area contributed by atoms with Crippen LogP contribution >= 0.6 is 0 Å². The summed E-state index contributed by atoms with van der Waals surface area (Å²) in [6.45, 7) is 1.30. The first-order valence-electron chi connectivity index (χ1n) is 8.34. The minimum absolute atomic E-state index is 0.0227. The van der Waals surface area contributed by atoms with Gasteiger partial charge in [-0.15, -0.1) is 0 Å². The second-order valence-electron chi connectivity index (χ2n) is 6.26. The van der Waals surface area contributed by atoms with Gasteiger partial charge in [0.25, 0.3) is 11.8 Å². The number of hydrogen-bond acceptors (Lipinski definition) is 5. The lowest BCUT2D eigenvalue weighted by Crippen LogP contribution is -2.54.